The summed E-state index contributed by atoms with van der Waals surface area (Å²) in [7, 11) is -2.71. The molecule has 0 saturated carbocycles. The molecule has 0 unspecified atom stereocenters. The number of hydrogen-bond donors (Lipinski definition) is 1. The average molecular weight is 556 g/mol. The predicted molar refractivity (Wildman–Crippen MR) is 152 cm³/mol. The number of aliphatic hydroxyl groups is 1. The molecule has 0 spiro atoms. The van der Waals surface area contributed by atoms with Crippen molar-refractivity contribution in [1.82, 2.24) is 0 Å². The molecule has 4 atom stereocenters. The molecule has 2 aromatic carbocycles. The Labute approximate surface area is 221 Å². The normalized spacial score (nSPS) is 21.6. The Kier molecular flexibility index (Phi) is 10.4. The van der Waals surface area contributed by atoms with Crippen LogP contribution in [-0.2, 0) is 9.16 Å². The van der Waals surface area contributed by atoms with Gasteiger partial charge in [-0.05, 0) is 28.3 Å². The van der Waals surface area contributed by atoms with Gasteiger partial charge in [0.25, 0.3) is 8.32 Å². The van der Waals surface area contributed by atoms with Gasteiger partial charge in [0.15, 0.2) is 0 Å². The maximum absolute atomic E-state index is 9.20. The third-order valence-electron chi connectivity index (χ3n) is 6.65. The fourth-order valence-corrected chi connectivity index (χ4v) is 10.2. The molecular formula is C30H39BrO3Si. The van der Waals surface area contributed by atoms with Gasteiger partial charge < -0.3 is 14.3 Å². The Morgan fingerprint density at radius 2 is 1.66 bits per heavy atom. The molecule has 0 radical (unpaired) electrons. The lowest BCUT2D eigenvalue weighted by Gasteiger charge is -2.45. The van der Waals surface area contributed by atoms with Crippen LogP contribution in [0, 0.1) is 11.8 Å². The number of benzene rings is 2. The van der Waals surface area contributed by atoms with Crippen LogP contribution in [0.4, 0.5) is 0 Å². The summed E-state index contributed by atoms with van der Waals surface area (Å²) in [6.07, 6.45) is 7.54. The quantitative estimate of drug-likeness (QED) is 0.190. The number of ether oxygens (including phenoxy) is 1. The summed E-state index contributed by atoms with van der Waals surface area (Å²) < 4.78 is 14.0. The van der Waals surface area contributed by atoms with Gasteiger partial charge in [0.1, 0.15) is 6.61 Å². The SMILES string of the molecule is CC/C=C/C[C@H](Br)[C@@H]1C[C@@H](O[Si](c2ccccc2)(c2ccccc2)C(C)(C)C)[C@@H](CC#CCO)O1. The van der Waals surface area contributed by atoms with E-state index in [0.717, 1.165) is 19.3 Å². The van der Waals surface area contributed by atoms with Crippen LogP contribution < -0.4 is 10.4 Å². The first-order valence-electron chi connectivity index (χ1n) is 12.6. The monoisotopic (exact) mass is 554 g/mol. The molecule has 5 heteroatoms. The molecule has 1 saturated heterocycles. The second kappa shape index (κ2) is 13.0. The van der Waals surface area contributed by atoms with Gasteiger partial charge in [-0.2, -0.15) is 0 Å². The topological polar surface area (TPSA) is 38.7 Å². The molecule has 1 heterocycles. The average Bonchev–Trinajstić information content (AvgIpc) is 3.25. The van der Waals surface area contributed by atoms with E-state index in [-0.39, 0.29) is 34.8 Å². The molecule has 0 bridgehead atoms. The molecule has 1 N–H and O–H groups in total. The zero-order valence-corrected chi connectivity index (χ0v) is 24.0. The fourth-order valence-electron chi connectivity index (χ4n) is 4.98. The van der Waals surface area contributed by atoms with Crippen molar-refractivity contribution in [1.29, 1.82) is 0 Å². The molecular weight excluding hydrogens is 516 g/mol. The second-order valence-corrected chi connectivity index (χ2v) is 15.5. The second-order valence-electron chi connectivity index (χ2n) is 10.1. The molecule has 2 aromatic rings. The summed E-state index contributed by atoms with van der Waals surface area (Å²) >= 11 is 3.88. The zero-order valence-electron chi connectivity index (χ0n) is 21.4. The molecule has 188 valence electrons. The summed E-state index contributed by atoms with van der Waals surface area (Å²) in [6, 6.07) is 21.5. The van der Waals surface area contributed by atoms with Crippen molar-refractivity contribution < 1.29 is 14.3 Å². The minimum absolute atomic E-state index is 0.0423. The largest absolute Gasteiger partial charge is 0.402 e. The predicted octanol–water partition coefficient (Wildman–Crippen LogP) is 5.59. The van der Waals surface area contributed by atoms with E-state index >= 15 is 0 Å². The summed E-state index contributed by atoms with van der Waals surface area (Å²) in [5.41, 5.74) is 0. The van der Waals surface area contributed by atoms with Gasteiger partial charge in [0.05, 0.1) is 18.3 Å². The highest BCUT2D eigenvalue weighted by Gasteiger charge is 2.53. The van der Waals surface area contributed by atoms with E-state index in [4.69, 9.17) is 9.16 Å². The molecule has 3 nitrogen and oxygen atoms in total. The first-order chi connectivity index (χ1) is 16.8. The Bertz CT molecular complexity index is 952. The van der Waals surface area contributed by atoms with Gasteiger partial charge in [-0.15, -0.1) is 0 Å². The Hall–Kier alpha value is -1.68. The standard InChI is InChI=1S/C30H39BrO3Si/c1-5-6-9-20-26(31)28-23-29(27(33-28)21-14-15-22-32)34-35(30(2,3)4,24-16-10-7-11-17-24)25-18-12-8-13-19-25/h6-13,16-19,26-29,32H,5,20-23H2,1-4H3/b9-6+/t26-,27+,28-,29+/m0/s1. The highest BCUT2D eigenvalue weighted by molar-refractivity contribution is 9.09. The molecule has 1 aliphatic heterocycles. The maximum atomic E-state index is 9.20. The molecule has 1 fully saturated rings. The highest BCUT2D eigenvalue weighted by Crippen LogP contribution is 2.41. The van der Waals surface area contributed by atoms with Crippen molar-refractivity contribution in [3.8, 4) is 11.8 Å². The van der Waals surface area contributed by atoms with Crippen molar-refractivity contribution in [2.75, 3.05) is 6.61 Å². The van der Waals surface area contributed by atoms with Crippen LogP contribution in [0.2, 0.25) is 5.04 Å². The Morgan fingerprint density at radius 1 is 1.06 bits per heavy atom. The number of aliphatic hydroxyl groups excluding tert-OH is 1. The van der Waals surface area contributed by atoms with Crippen LogP contribution in [0.5, 0.6) is 0 Å². The van der Waals surface area contributed by atoms with E-state index in [1.807, 2.05) is 0 Å². The van der Waals surface area contributed by atoms with Gasteiger partial charge in [0.2, 0.25) is 0 Å². The van der Waals surface area contributed by atoms with Gasteiger partial charge in [0, 0.05) is 17.7 Å². The van der Waals surface area contributed by atoms with Crippen LogP contribution in [0.3, 0.4) is 0 Å². The van der Waals surface area contributed by atoms with Gasteiger partial charge in [-0.3, -0.25) is 0 Å². The van der Waals surface area contributed by atoms with Crippen LogP contribution in [-0.4, -0.2) is 43.2 Å². The molecule has 0 aromatic heterocycles. The van der Waals surface area contributed by atoms with Crippen molar-refractivity contribution in [3.05, 3.63) is 72.8 Å². The Balaban J connectivity index is 2.02. The number of rotatable bonds is 9. The van der Waals surface area contributed by atoms with Crippen molar-refractivity contribution >= 4 is 34.6 Å². The first kappa shape index (κ1) is 27.9. The molecule has 35 heavy (non-hydrogen) atoms. The third-order valence-corrected chi connectivity index (χ3v) is 12.7. The zero-order chi connectivity index (χ0) is 25.3. The molecule has 0 amide bonds. The van der Waals surface area contributed by atoms with Crippen LogP contribution >= 0.6 is 15.9 Å². The minimum atomic E-state index is -2.71. The van der Waals surface area contributed by atoms with Gasteiger partial charge >= 0.3 is 0 Å². The number of alkyl halides is 1. The van der Waals surface area contributed by atoms with Crippen molar-refractivity contribution in [2.24, 2.45) is 0 Å². The van der Waals surface area contributed by atoms with E-state index in [1.54, 1.807) is 0 Å². The van der Waals surface area contributed by atoms with Crippen LogP contribution in [0.25, 0.3) is 0 Å². The summed E-state index contributed by atoms with van der Waals surface area (Å²) in [6.45, 7) is 8.91. The van der Waals surface area contributed by atoms with Gasteiger partial charge in [-0.1, -0.05) is 128 Å². The van der Waals surface area contributed by atoms with Crippen LogP contribution in [0.15, 0.2) is 72.8 Å². The summed E-state index contributed by atoms with van der Waals surface area (Å²) in [5.74, 6) is 5.90. The van der Waals surface area contributed by atoms with Crippen LogP contribution in [0.1, 0.15) is 53.4 Å². The fraction of sp³-hybridized carbons (Fsp3) is 0.467. The van der Waals surface area contributed by atoms with E-state index in [0.29, 0.717) is 6.42 Å². The number of allylic oxidation sites excluding steroid dienone is 2. The molecule has 3 rings (SSSR count). The van der Waals surface area contributed by atoms with Crippen molar-refractivity contribution in [2.45, 2.75) is 81.6 Å². The smallest absolute Gasteiger partial charge is 0.261 e. The third kappa shape index (κ3) is 6.75. The number of halogens is 1. The van der Waals surface area contributed by atoms with Gasteiger partial charge in [-0.25, -0.2) is 0 Å². The lowest BCUT2D eigenvalue weighted by Crippen LogP contribution is -2.68. The molecule has 1 aliphatic rings. The van der Waals surface area contributed by atoms with Crippen molar-refractivity contribution in [3.63, 3.8) is 0 Å². The number of hydrogen-bond acceptors (Lipinski definition) is 3. The van der Waals surface area contributed by atoms with E-state index in [9.17, 15) is 5.11 Å². The van der Waals surface area contributed by atoms with E-state index in [1.165, 1.54) is 10.4 Å². The summed E-state index contributed by atoms with van der Waals surface area (Å²) in [5, 5.41) is 11.6. The Morgan fingerprint density at radius 3 is 2.17 bits per heavy atom. The van der Waals surface area contributed by atoms with E-state index in [2.05, 4.69) is 128 Å². The van der Waals surface area contributed by atoms with E-state index < -0.39 is 8.32 Å². The maximum Gasteiger partial charge on any atom is 0.261 e. The first-order valence-corrected chi connectivity index (χ1v) is 15.5. The minimum Gasteiger partial charge on any atom is -0.402 e. The molecule has 0 aliphatic carbocycles. The lowest BCUT2D eigenvalue weighted by molar-refractivity contribution is 0.0182. The highest BCUT2D eigenvalue weighted by atomic mass is 79.9. The lowest BCUT2D eigenvalue weighted by atomic mass is 10.1. The summed E-state index contributed by atoms with van der Waals surface area (Å²) in [4.78, 5) is 0.214.